The van der Waals surface area contributed by atoms with Crippen molar-refractivity contribution < 1.29 is 5.11 Å². The van der Waals surface area contributed by atoms with Gasteiger partial charge in [0.05, 0.1) is 6.10 Å². The van der Waals surface area contributed by atoms with E-state index >= 15 is 0 Å². The van der Waals surface area contributed by atoms with Crippen molar-refractivity contribution in [2.45, 2.75) is 11.0 Å². The van der Waals surface area contributed by atoms with E-state index in [9.17, 15) is 5.11 Å². The van der Waals surface area contributed by atoms with Crippen LogP contribution in [0.1, 0.15) is 11.7 Å². The molecule has 0 unspecified atom stereocenters. The molecule has 0 aliphatic carbocycles. The molecule has 17 heavy (non-hydrogen) atoms. The zero-order valence-electron chi connectivity index (χ0n) is 9.41. The van der Waals surface area contributed by atoms with Crippen molar-refractivity contribution in [1.82, 2.24) is 0 Å². The van der Waals surface area contributed by atoms with Gasteiger partial charge in [0, 0.05) is 16.3 Å². The van der Waals surface area contributed by atoms with Crippen LogP contribution in [0.15, 0.2) is 59.5 Å². The van der Waals surface area contributed by atoms with E-state index in [4.69, 9.17) is 5.73 Å². The third-order valence-electron chi connectivity index (χ3n) is 2.47. The second-order valence-electron chi connectivity index (χ2n) is 3.81. The van der Waals surface area contributed by atoms with E-state index in [1.54, 1.807) is 11.8 Å². The summed E-state index contributed by atoms with van der Waals surface area (Å²) in [5.74, 6) is 0.647. The number of nitrogens with two attached hydrogens (primary N) is 1. The average molecular weight is 245 g/mol. The Morgan fingerprint density at radius 1 is 1.00 bits per heavy atom. The molecule has 3 N–H and O–H groups in total. The van der Waals surface area contributed by atoms with Gasteiger partial charge in [-0.15, -0.1) is 11.8 Å². The number of benzene rings is 2. The summed E-state index contributed by atoms with van der Waals surface area (Å²) < 4.78 is 0. The van der Waals surface area contributed by atoms with Gasteiger partial charge in [-0.05, 0) is 29.8 Å². The Kier molecular flexibility index (Phi) is 4.07. The zero-order valence-corrected chi connectivity index (χ0v) is 10.2. The molecule has 3 heteroatoms. The van der Waals surface area contributed by atoms with Crippen molar-refractivity contribution in [3.05, 3.63) is 60.2 Å². The summed E-state index contributed by atoms with van der Waals surface area (Å²) in [6.45, 7) is 0. The predicted octanol–water partition coefficient (Wildman–Crippen LogP) is 3.09. The van der Waals surface area contributed by atoms with Gasteiger partial charge in [-0.3, -0.25) is 0 Å². The van der Waals surface area contributed by atoms with Gasteiger partial charge in [-0.25, -0.2) is 0 Å². The van der Waals surface area contributed by atoms with E-state index in [2.05, 4.69) is 0 Å². The highest BCUT2D eigenvalue weighted by Gasteiger charge is 2.07. The minimum Gasteiger partial charge on any atom is -0.399 e. The smallest absolute Gasteiger partial charge is 0.0883 e. The van der Waals surface area contributed by atoms with Crippen LogP contribution in [-0.2, 0) is 0 Å². The number of rotatable bonds is 4. The second-order valence-corrected chi connectivity index (χ2v) is 4.90. The molecule has 2 aromatic carbocycles. The average Bonchev–Trinajstić information content (AvgIpc) is 2.39. The lowest BCUT2D eigenvalue weighted by Crippen LogP contribution is -1.99. The van der Waals surface area contributed by atoms with Gasteiger partial charge in [0.2, 0.25) is 0 Å². The Morgan fingerprint density at radius 3 is 2.29 bits per heavy atom. The zero-order chi connectivity index (χ0) is 12.1. The molecule has 0 amide bonds. The number of aliphatic hydroxyl groups is 1. The van der Waals surface area contributed by atoms with Gasteiger partial charge >= 0.3 is 0 Å². The molecule has 2 nitrogen and oxygen atoms in total. The molecule has 0 radical (unpaired) electrons. The number of aliphatic hydroxyl groups excluding tert-OH is 1. The van der Waals surface area contributed by atoms with Crippen molar-refractivity contribution in [3.8, 4) is 0 Å². The van der Waals surface area contributed by atoms with Gasteiger partial charge < -0.3 is 10.8 Å². The van der Waals surface area contributed by atoms with E-state index in [1.165, 1.54) is 0 Å². The minimum absolute atomic E-state index is 0.432. The normalized spacial score (nSPS) is 12.3. The Morgan fingerprint density at radius 2 is 1.65 bits per heavy atom. The van der Waals surface area contributed by atoms with Crippen LogP contribution in [0.25, 0.3) is 0 Å². The van der Waals surface area contributed by atoms with E-state index in [0.717, 1.165) is 16.1 Å². The lowest BCUT2D eigenvalue weighted by molar-refractivity contribution is 0.204. The number of anilines is 1. The van der Waals surface area contributed by atoms with Crippen molar-refractivity contribution in [2.75, 3.05) is 11.5 Å². The van der Waals surface area contributed by atoms with E-state index < -0.39 is 6.10 Å². The van der Waals surface area contributed by atoms with Crippen LogP contribution < -0.4 is 5.73 Å². The van der Waals surface area contributed by atoms with E-state index in [0.29, 0.717) is 5.75 Å². The number of hydrogen-bond acceptors (Lipinski definition) is 3. The first-order valence-electron chi connectivity index (χ1n) is 5.47. The third kappa shape index (κ3) is 3.51. The summed E-state index contributed by atoms with van der Waals surface area (Å²) in [5.41, 5.74) is 7.33. The van der Waals surface area contributed by atoms with Gasteiger partial charge in [0.25, 0.3) is 0 Å². The lowest BCUT2D eigenvalue weighted by Gasteiger charge is -2.10. The highest BCUT2D eigenvalue weighted by atomic mass is 32.2. The Balaban J connectivity index is 1.92. The fourth-order valence-corrected chi connectivity index (χ4v) is 2.38. The van der Waals surface area contributed by atoms with Crippen LogP contribution in [0.3, 0.4) is 0 Å². The molecule has 0 aliphatic rings. The molecule has 0 saturated carbocycles. The maximum absolute atomic E-state index is 9.99. The maximum atomic E-state index is 9.99. The molecule has 0 bridgehead atoms. The quantitative estimate of drug-likeness (QED) is 0.642. The number of nitrogen functional groups attached to an aromatic ring is 1. The van der Waals surface area contributed by atoms with Crippen LogP contribution in [-0.4, -0.2) is 10.9 Å². The molecule has 88 valence electrons. The van der Waals surface area contributed by atoms with Gasteiger partial charge in [-0.2, -0.15) is 0 Å². The summed E-state index contributed by atoms with van der Waals surface area (Å²) in [6, 6.07) is 17.4. The van der Waals surface area contributed by atoms with Crippen LogP contribution in [0, 0.1) is 0 Å². The second kappa shape index (κ2) is 5.75. The Hall–Kier alpha value is -1.45. The molecule has 1 atom stereocenters. The summed E-state index contributed by atoms with van der Waals surface area (Å²) in [4.78, 5) is 1.12. The molecular formula is C14H15NOS. The first-order valence-corrected chi connectivity index (χ1v) is 6.45. The van der Waals surface area contributed by atoms with Crippen molar-refractivity contribution >= 4 is 17.4 Å². The molecule has 0 spiro atoms. The number of thioether (sulfide) groups is 1. The van der Waals surface area contributed by atoms with Gasteiger partial charge in [-0.1, -0.05) is 30.3 Å². The van der Waals surface area contributed by atoms with Crippen LogP contribution in [0.2, 0.25) is 0 Å². The monoisotopic (exact) mass is 245 g/mol. The largest absolute Gasteiger partial charge is 0.399 e. The molecule has 0 fully saturated rings. The molecule has 0 saturated heterocycles. The van der Waals surface area contributed by atoms with Crippen LogP contribution in [0.5, 0.6) is 0 Å². The third-order valence-corrected chi connectivity index (χ3v) is 3.56. The first kappa shape index (κ1) is 12.0. The Bertz CT molecular complexity index is 455. The fraction of sp³-hybridized carbons (Fsp3) is 0.143. The van der Waals surface area contributed by atoms with E-state index in [-0.39, 0.29) is 0 Å². The fourth-order valence-electron chi connectivity index (χ4n) is 1.51. The summed E-state index contributed by atoms with van der Waals surface area (Å²) in [6.07, 6.45) is -0.432. The molecule has 0 aromatic heterocycles. The Labute approximate surface area is 105 Å². The predicted molar refractivity (Wildman–Crippen MR) is 73.0 cm³/mol. The summed E-state index contributed by atoms with van der Waals surface area (Å²) >= 11 is 1.63. The van der Waals surface area contributed by atoms with E-state index in [1.807, 2.05) is 54.6 Å². The summed E-state index contributed by atoms with van der Waals surface area (Å²) in [7, 11) is 0. The molecule has 0 heterocycles. The lowest BCUT2D eigenvalue weighted by atomic mass is 10.1. The molecular weight excluding hydrogens is 230 g/mol. The van der Waals surface area contributed by atoms with Crippen LogP contribution >= 0.6 is 11.8 Å². The van der Waals surface area contributed by atoms with Crippen molar-refractivity contribution in [3.63, 3.8) is 0 Å². The minimum atomic E-state index is -0.432. The van der Waals surface area contributed by atoms with Gasteiger partial charge in [0.1, 0.15) is 0 Å². The first-order chi connectivity index (χ1) is 8.25. The highest BCUT2D eigenvalue weighted by Crippen LogP contribution is 2.25. The van der Waals surface area contributed by atoms with Gasteiger partial charge in [0.15, 0.2) is 0 Å². The SMILES string of the molecule is Nc1ccc(SC[C@H](O)c2ccccc2)cc1. The molecule has 2 rings (SSSR count). The maximum Gasteiger partial charge on any atom is 0.0883 e. The molecule has 2 aromatic rings. The summed E-state index contributed by atoms with van der Waals surface area (Å²) in [5, 5.41) is 9.99. The molecule has 0 aliphatic heterocycles. The standard InChI is InChI=1S/C14H15NOS/c15-12-6-8-13(9-7-12)17-10-14(16)11-4-2-1-3-5-11/h1-9,14,16H,10,15H2/t14-/m0/s1. The van der Waals surface area contributed by atoms with Crippen molar-refractivity contribution in [2.24, 2.45) is 0 Å². The number of hydrogen-bond donors (Lipinski definition) is 2. The van der Waals surface area contributed by atoms with Crippen molar-refractivity contribution in [1.29, 1.82) is 0 Å². The van der Waals surface area contributed by atoms with Crippen LogP contribution in [0.4, 0.5) is 5.69 Å². The topological polar surface area (TPSA) is 46.2 Å². The highest BCUT2D eigenvalue weighted by molar-refractivity contribution is 7.99.